The van der Waals surface area contributed by atoms with Crippen molar-refractivity contribution in [3.8, 4) is 5.75 Å². The van der Waals surface area contributed by atoms with Crippen molar-refractivity contribution in [2.24, 2.45) is 5.73 Å². The maximum absolute atomic E-state index is 12.0. The second kappa shape index (κ2) is 8.03. The van der Waals surface area contributed by atoms with Crippen LogP contribution in [0, 0.1) is 0 Å². The zero-order valence-electron chi connectivity index (χ0n) is 14.5. The highest BCUT2D eigenvalue weighted by atomic mass is 16.5. The maximum atomic E-state index is 12.0. The Morgan fingerprint density at radius 3 is 2.52 bits per heavy atom. The number of anilines is 1. The molecule has 3 rings (SSSR count). The Balaban J connectivity index is 1.61. The summed E-state index contributed by atoms with van der Waals surface area (Å²) >= 11 is 0. The van der Waals surface area contributed by atoms with Gasteiger partial charge in [-0.1, -0.05) is 36.4 Å². The number of carbonyl (C=O) groups excluding carboxylic acids is 1. The topological polar surface area (TPSA) is 67.6 Å². The molecule has 25 heavy (non-hydrogen) atoms. The summed E-state index contributed by atoms with van der Waals surface area (Å²) in [5.74, 6) is 0.561. The molecule has 132 valence electrons. The third-order valence-corrected chi connectivity index (χ3v) is 4.72. The molecule has 5 nitrogen and oxygen atoms in total. The smallest absolute Gasteiger partial charge is 0.239 e. The Hall–Kier alpha value is -2.53. The highest BCUT2D eigenvalue weighted by Crippen LogP contribution is 2.26. The highest BCUT2D eigenvalue weighted by Gasteiger charge is 2.29. The average molecular weight is 339 g/mol. The summed E-state index contributed by atoms with van der Waals surface area (Å²) in [6.45, 7) is 1.67. The van der Waals surface area contributed by atoms with Crippen molar-refractivity contribution in [2.45, 2.75) is 24.9 Å². The molecule has 0 aromatic heterocycles. The molecular formula is C20H25N3O2. The molecule has 5 heteroatoms. The van der Waals surface area contributed by atoms with Crippen molar-refractivity contribution >= 4 is 11.6 Å². The van der Waals surface area contributed by atoms with E-state index in [2.05, 4.69) is 10.2 Å². The van der Waals surface area contributed by atoms with Crippen molar-refractivity contribution in [3.05, 3.63) is 60.2 Å². The van der Waals surface area contributed by atoms with E-state index in [1.165, 1.54) is 0 Å². The number of carbonyl (C=O) groups is 1. The Morgan fingerprint density at radius 1 is 1.16 bits per heavy atom. The summed E-state index contributed by atoms with van der Waals surface area (Å²) in [6.07, 6.45) is 1.93. The molecule has 1 unspecified atom stereocenters. The van der Waals surface area contributed by atoms with Gasteiger partial charge in [0.25, 0.3) is 0 Å². The molecule has 1 fully saturated rings. The first kappa shape index (κ1) is 17.3. The molecule has 3 N–H and O–H groups in total. The highest BCUT2D eigenvalue weighted by molar-refractivity contribution is 5.81. The fraction of sp³-hybridized carbons (Fsp3) is 0.350. The van der Waals surface area contributed by atoms with Gasteiger partial charge in [0.1, 0.15) is 11.8 Å². The fourth-order valence-corrected chi connectivity index (χ4v) is 3.44. The van der Waals surface area contributed by atoms with Gasteiger partial charge in [0.05, 0.1) is 7.11 Å². The predicted octanol–water partition coefficient (Wildman–Crippen LogP) is 2.80. The molecular weight excluding hydrogens is 314 g/mol. The first-order chi connectivity index (χ1) is 12.2. The zero-order chi connectivity index (χ0) is 17.6. The summed E-state index contributed by atoms with van der Waals surface area (Å²) in [4.78, 5) is 14.2. The minimum atomic E-state index is -0.348. The molecule has 1 heterocycles. The number of nitrogens with zero attached hydrogens (tertiary/aromatic N) is 1. The van der Waals surface area contributed by atoms with Crippen molar-refractivity contribution in [1.29, 1.82) is 0 Å². The number of hydrogen-bond acceptors (Lipinski definition) is 4. The minimum Gasteiger partial charge on any atom is -0.497 e. The Bertz CT molecular complexity index is 697. The number of rotatable bonds is 6. The van der Waals surface area contributed by atoms with Crippen LogP contribution in [0.3, 0.4) is 0 Å². The fourth-order valence-electron chi connectivity index (χ4n) is 3.44. The number of ether oxygens (including phenoxy) is 1. The van der Waals surface area contributed by atoms with Gasteiger partial charge in [0, 0.05) is 30.9 Å². The first-order valence-corrected chi connectivity index (χ1v) is 8.66. The normalized spacial score (nSPS) is 17.0. The largest absolute Gasteiger partial charge is 0.497 e. The average Bonchev–Trinajstić information content (AvgIpc) is 2.64. The van der Waals surface area contributed by atoms with Crippen molar-refractivity contribution in [2.75, 3.05) is 25.5 Å². The number of hydrogen-bond donors (Lipinski definition) is 2. The molecule has 0 spiro atoms. The van der Waals surface area contributed by atoms with E-state index in [1.54, 1.807) is 7.11 Å². The summed E-state index contributed by atoms with van der Waals surface area (Å²) in [6, 6.07) is 17.8. The van der Waals surface area contributed by atoms with Crippen molar-refractivity contribution in [3.63, 3.8) is 0 Å². The number of amides is 1. The lowest BCUT2D eigenvalue weighted by Crippen LogP contribution is -2.45. The van der Waals surface area contributed by atoms with Crippen molar-refractivity contribution < 1.29 is 9.53 Å². The minimum absolute atomic E-state index is 0.287. The summed E-state index contributed by atoms with van der Waals surface area (Å²) < 4.78 is 5.27. The summed E-state index contributed by atoms with van der Waals surface area (Å²) in [7, 11) is 1.67. The van der Waals surface area contributed by atoms with Crippen LogP contribution >= 0.6 is 0 Å². The molecule has 0 radical (unpaired) electrons. The maximum Gasteiger partial charge on any atom is 0.239 e. The van der Waals surface area contributed by atoms with Gasteiger partial charge in [-0.2, -0.15) is 0 Å². The van der Waals surface area contributed by atoms with Gasteiger partial charge >= 0.3 is 0 Å². The van der Waals surface area contributed by atoms with E-state index in [9.17, 15) is 4.79 Å². The Labute approximate surface area is 148 Å². The van der Waals surface area contributed by atoms with E-state index in [-0.39, 0.29) is 11.9 Å². The monoisotopic (exact) mass is 339 g/mol. The number of nitrogens with one attached hydrogen (secondary N) is 1. The molecule has 2 aromatic carbocycles. The first-order valence-electron chi connectivity index (χ1n) is 8.66. The lowest BCUT2D eigenvalue weighted by molar-refractivity contribution is -0.123. The van der Waals surface area contributed by atoms with Crippen LogP contribution in [0.15, 0.2) is 54.6 Å². The summed E-state index contributed by atoms with van der Waals surface area (Å²) in [5, 5.41) is 3.56. The number of benzene rings is 2. The molecule has 0 bridgehead atoms. The van der Waals surface area contributed by atoms with E-state index < -0.39 is 0 Å². The number of primary amides is 1. The van der Waals surface area contributed by atoms with E-state index in [1.807, 2.05) is 54.6 Å². The van der Waals surface area contributed by atoms with Crippen molar-refractivity contribution in [1.82, 2.24) is 4.90 Å². The standard InChI is InChI=1S/C20H25N3O2/c1-25-18-9-5-8-17(14-18)22-16-10-12-23(13-11-16)19(20(21)24)15-6-3-2-4-7-15/h2-9,14,16,19,22H,10-13H2,1H3,(H2,21,24). The number of piperidine rings is 1. The molecule has 1 saturated heterocycles. The van der Waals surface area contributed by atoms with Gasteiger partial charge in [0.15, 0.2) is 0 Å². The van der Waals surface area contributed by atoms with Crippen LogP contribution in [0.5, 0.6) is 5.75 Å². The van der Waals surface area contributed by atoms with Gasteiger partial charge < -0.3 is 15.8 Å². The quantitative estimate of drug-likeness (QED) is 0.849. The second-order valence-electron chi connectivity index (χ2n) is 6.40. The predicted molar refractivity (Wildman–Crippen MR) is 99.6 cm³/mol. The number of methoxy groups -OCH3 is 1. The van der Waals surface area contributed by atoms with Crippen LogP contribution in [-0.4, -0.2) is 37.0 Å². The third-order valence-electron chi connectivity index (χ3n) is 4.72. The molecule has 1 aliphatic rings. The molecule has 2 aromatic rings. The SMILES string of the molecule is COc1cccc(NC2CCN(C(C(N)=O)c3ccccc3)CC2)c1. The van der Waals surface area contributed by atoms with E-state index in [4.69, 9.17) is 10.5 Å². The Morgan fingerprint density at radius 2 is 1.88 bits per heavy atom. The van der Waals surface area contributed by atoms with E-state index in [0.29, 0.717) is 6.04 Å². The van der Waals surface area contributed by atoms with Gasteiger partial charge in [-0.05, 0) is 30.5 Å². The third kappa shape index (κ3) is 4.31. The molecule has 1 aliphatic heterocycles. The molecule has 1 atom stereocenters. The van der Waals surface area contributed by atoms with Crippen LogP contribution in [0.4, 0.5) is 5.69 Å². The molecule has 0 aliphatic carbocycles. The van der Waals surface area contributed by atoms with Gasteiger partial charge in [-0.3, -0.25) is 9.69 Å². The summed E-state index contributed by atoms with van der Waals surface area (Å²) in [5.41, 5.74) is 7.71. The number of likely N-dealkylation sites (tertiary alicyclic amines) is 1. The van der Waals surface area contributed by atoms with Gasteiger partial charge in [-0.15, -0.1) is 0 Å². The molecule has 0 saturated carbocycles. The van der Waals surface area contributed by atoms with Crippen LogP contribution in [0.25, 0.3) is 0 Å². The van der Waals surface area contributed by atoms with Crippen LogP contribution in [0.1, 0.15) is 24.4 Å². The number of nitrogens with two attached hydrogens (primary N) is 1. The van der Waals surface area contributed by atoms with Crippen LogP contribution in [0.2, 0.25) is 0 Å². The van der Waals surface area contributed by atoms with Gasteiger partial charge in [-0.25, -0.2) is 0 Å². The molecule has 1 amide bonds. The lowest BCUT2D eigenvalue weighted by atomic mass is 9.98. The van der Waals surface area contributed by atoms with Gasteiger partial charge in [0.2, 0.25) is 5.91 Å². The van der Waals surface area contributed by atoms with E-state index in [0.717, 1.165) is 42.9 Å². The van der Waals surface area contributed by atoms with Crippen LogP contribution in [-0.2, 0) is 4.79 Å². The van der Waals surface area contributed by atoms with E-state index >= 15 is 0 Å². The Kier molecular flexibility index (Phi) is 5.56. The van der Waals surface area contributed by atoms with Crippen LogP contribution < -0.4 is 15.8 Å². The lowest BCUT2D eigenvalue weighted by Gasteiger charge is -2.37. The second-order valence-corrected chi connectivity index (χ2v) is 6.40. The zero-order valence-corrected chi connectivity index (χ0v) is 14.5.